The molecule has 0 atom stereocenters. The van der Waals surface area contributed by atoms with E-state index < -0.39 is 0 Å². The van der Waals surface area contributed by atoms with E-state index in [1.807, 2.05) is 0 Å². The lowest BCUT2D eigenvalue weighted by Gasteiger charge is -2.18. The monoisotopic (exact) mass is 298 g/mol. The fraction of sp³-hybridized carbons (Fsp3) is 0.176. The highest BCUT2D eigenvalue weighted by molar-refractivity contribution is 6.28. The third kappa shape index (κ3) is 1.86. The molecule has 1 aliphatic rings. The Bertz CT molecular complexity index is 833. The van der Waals surface area contributed by atoms with Crippen LogP contribution in [0.5, 0.6) is 17.2 Å². The van der Waals surface area contributed by atoms with Gasteiger partial charge in [0.2, 0.25) is 0 Å². The summed E-state index contributed by atoms with van der Waals surface area (Å²) in [6.45, 7) is 0. The minimum Gasteiger partial charge on any atom is -0.496 e. The molecule has 0 unspecified atom stereocenters. The van der Waals surface area contributed by atoms with Gasteiger partial charge in [0.05, 0.1) is 21.3 Å². The maximum absolute atomic E-state index is 12.3. The largest absolute Gasteiger partial charge is 0.496 e. The maximum atomic E-state index is 12.3. The summed E-state index contributed by atoms with van der Waals surface area (Å²) in [4.78, 5) is 24.4. The molecule has 0 spiro atoms. The second-order valence-electron chi connectivity index (χ2n) is 4.79. The summed E-state index contributed by atoms with van der Waals surface area (Å²) in [5.41, 5.74) is 0.674. The van der Waals surface area contributed by atoms with Crippen LogP contribution in [0.3, 0.4) is 0 Å². The first-order chi connectivity index (χ1) is 10.6. The van der Waals surface area contributed by atoms with Crippen molar-refractivity contribution in [1.82, 2.24) is 0 Å². The SMILES string of the molecule is COc1cc(OC)c2ccc3c(c2c1OC)C(=O)C=CC3=O. The van der Waals surface area contributed by atoms with Gasteiger partial charge in [0.15, 0.2) is 23.1 Å². The number of carbonyl (C=O) groups is 2. The normalized spacial score (nSPS) is 13.2. The van der Waals surface area contributed by atoms with Crippen LogP contribution in [-0.2, 0) is 0 Å². The van der Waals surface area contributed by atoms with Crippen LogP contribution < -0.4 is 14.2 Å². The van der Waals surface area contributed by atoms with Crippen LogP contribution in [0.1, 0.15) is 20.7 Å². The highest BCUT2D eigenvalue weighted by Gasteiger charge is 2.26. The zero-order valence-corrected chi connectivity index (χ0v) is 12.4. The number of ketones is 2. The molecule has 0 bridgehead atoms. The summed E-state index contributed by atoms with van der Waals surface area (Å²) < 4.78 is 16.1. The molecule has 112 valence electrons. The van der Waals surface area contributed by atoms with E-state index in [2.05, 4.69) is 0 Å². The predicted molar refractivity (Wildman–Crippen MR) is 81.4 cm³/mol. The first kappa shape index (κ1) is 14.1. The predicted octanol–water partition coefficient (Wildman–Crippen LogP) is 2.80. The van der Waals surface area contributed by atoms with Gasteiger partial charge in [-0.1, -0.05) is 0 Å². The molecule has 0 radical (unpaired) electrons. The molecule has 0 amide bonds. The fourth-order valence-electron chi connectivity index (χ4n) is 2.74. The van der Waals surface area contributed by atoms with Crippen LogP contribution in [-0.4, -0.2) is 32.9 Å². The van der Waals surface area contributed by atoms with Crippen LogP contribution in [0, 0.1) is 0 Å². The standard InChI is InChI=1S/C17H14O5/c1-20-13-8-14(21-2)17(22-3)16-10(13)5-4-9-11(18)6-7-12(19)15(9)16/h4-8H,1-3H3. The summed E-state index contributed by atoms with van der Waals surface area (Å²) in [5.74, 6) is 0.945. The van der Waals surface area contributed by atoms with Gasteiger partial charge in [-0.15, -0.1) is 0 Å². The number of benzene rings is 2. The van der Waals surface area contributed by atoms with E-state index >= 15 is 0 Å². The Morgan fingerprint density at radius 3 is 2.14 bits per heavy atom. The molecular formula is C17H14O5. The number of hydrogen-bond donors (Lipinski definition) is 0. The van der Waals surface area contributed by atoms with E-state index in [-0.39, 0.29) is 11.6 Å². The Kier molecular flexibility index (Phi) is 3.33. The van der Waals surface area contributed by atoms with Crippen molar-refractivity contribution in [3.63, 3.8) is 0 Å². The van der Waals surface area contributed by atoms with E-state index in [0.29, 0.717) is 39.1 Å². The molecule has 0 heterocycles. The Balaban J connectivity index is 2.53. The number of allylic oxidation sites excluding steroid dienone is 2. The molecule has 0 saturated carbocycles. The molecule has 0 aromatic heterocycles. The maximum Gasteiger partial charge on any atom is 0.187 e. The van der Waals surface area contributed by atoms with Crippen molar-refractivity contribution in [3.8, 4) is 17.2 Å². The van der Waals surface area contributed by atoms with Crippen molar-refractivity contribution in [2.75, 3.05) is 21.3 Å². The minimum absolute atomic E-state index is 0.208. The van der Waals surface area contributed by atoms with E-state index in [4.69, 9.17) is 14.2 Å². The highest BCUT2D eigenvalue weighted by Crippen LogP contribution is 2.44. The van der Waals surface area contributed by atoms with Gasteiger partial charge in [0.25, 0.3) is 0 Å². The first-order valence-corrected chi connectivity index (χ1v) is 6.64. The summed E-state index contributed by atoms with van der Waals surface area (Å²) in [7, 11) is 4.53. The molecule has 0 N–H and O–H groups in total. The van der Waals surface area contributed by atoms with Crippen LogP contribution in [0.2, 0.25) is 0 Å². The van der Waals surface area contributed by atoms with Crippen molar-refractivity contribution in [1.29, 1.82) is 0 Å². The van der Waals surface area contributed by atoms with E-state index in [1.165, 1.54) is 33.5 Å². The average molecular weight is 298 g/mol. The number of methoxy groups -OCH3 is 3. The number of carbonyl (C=O) groups excluding carboxylic acids is 2. The lowest BCUT2D eigenvalue weighted by Crippen LogP contribution is -2.12. The lowest BCUT2D eigenvalue weighted by molar-refractivity contribution is 0.0995. The van der Waals surface area contributed by atoms with E-state index in [9.17, 15) is 9.59 Å². The molecule has 0 saturated heterocycles. The lowest BCUT2D eigenvalue weighted by atomic mass is 9.89. The number of hydrogen-bond acceptors (Lipinski definition) is 5. The quantitative estimate of drug-likeness (QED) is 0.872. The molecule has 22 heavy (non-hydrogen) atoms. The van der Waals surface area contributed by atoms with E-state index in [0.717, 1.165) is 0 Å². The second kappa shape index (κ2) is 5.18. The van der Waals surface area contributed by atoms with Gasteiger partial charge in [-0.25, -0.2) is 0 Å². The van der Waals surface area contributed by atoms with Crippen molar-refractivity contribution in [2.45, 2.75) is 0 Å². The molecular weight excluding hydrogens is 284 g/mol. The van der Waals surface area contributed by atoms with Gasteiger partial charge in [-0.05, 0) is 24.3 Å². The van der Waals surface area contributed by atoms with Gasteiger partial charge in [-0.2, -0.15) is 0 Å². The third-order valence-electron chi connectivity index (χ3n) is 3.73. The van der Waals surface area contributed by atoms with Crippen molar-refractivity contribution in [3.05, 3.63) is 41.5 Å². The summed E-state index contributed by atoms with van der Waals surface area (Å²) in [5, 5.41) is 1.22. The molecule has 5 heteroatoms. The molecule has 2 aromatic carbocycles. The summed E-state index contributed by atoms with van der Waals surface area (Å²) in [6, 6.07) is 5.08. The fourth-order valence-corrected chi connectivity index (χ4v) is 2.74. The summed E-state index contributed by atoms with van der Waals surface area (Å²) >= 11 is 0. The molecule has 0 aliphatic heterocycles. The van der Waals surface area contributed by atoms with Gasteiger partial charge in [0.1, 0.15) is 5.75 Å². The highest BCUT2D eigenvalue weighted by atomic mass is 16.5. The molecule has 1 aliphatic carbocycles. The Hall–Kier alpha value is -2.82. The molecule has 3 rings (SSSR count). The smallest absolute Gasteiger partial charge is 0.187 e. The summed E-state index contributed by atoms with van der Waals surface area (Å²) in [6.07, 6.45) is 2.55. The average Bonchev–Trinajstić information content (AvgIpc) is 2.55. The Labute approximate surface area is 127 Å². The first-order valence-electron chi connectivity index (χ1n) is 6.64. The van der Waals surface area contributed by atoms with Gasteiger partial charge < -0.3 is 14.2 Å². The minimum atomic E-state index is -0.242. The molecule has 2 aromatic rings. The van der Waals surface area contributed by atoms with E-state index in [1.54, 1.807) is 18.2 Å². The molecule has 5 nitrogen and oxygen atoms in total. The second-order valence-corrected chi connectivity index (χ2v) is 4.79. The van der Waals surface area contributed by atoms with Crippen molar-refractivity contribution < 1.29 is 23.8 Å². The van der Waals surface area contributed by atoms with Gasteiger partial charge in [0, 0.05) is 28.0 Å². The Morgan fingerprint density at radius 1 is 0.818 bits per heavy atom. The van der Waals surface area contributed by atoms with Crippen LogP contribution in [0.15, 0.2) is 30.4 Å². The topological polar surface area (TPSA) is 61.8 Å². The van der Waals surface area contributed by atoms with Crippen LogP contribution >= 0.6 is 0 Å². The van der Waals surface area contributed by atoms with Crippen molar-refractivity contribution >= 4 is 22.3 Å². The van der Waals surface area contributed by atoms with Crippen molar-refractivity contribution in [2.24, 2.45) is 0 Å². The Morgan fingerprint density at radius 2 is 1.50 bits per heavy atom. The van der Waals surface area contributed by atoms with Crippen LogP contribution in [0.25, 0.3) is 10.8 Å². The van der Waals surface area contributed by atoms with Gasteiger partial charge >= 0.3 is 0 Å². The number of fused-ring (bicyclic) bond motifs is 3. The number of ether oxygens (including phenoxy) is 3. The third-order valence-corrected chi connectivity index (χ3v) is 3.73. The zero-order chi connectivity index (χ0) is 15.9. The zero-order valence-electron chi connectivity index (χ0n) is 12.4. The number of rotatable bonds is 3. The van der Waals surface area contributed by atoms with Crippen LogP contribution in [0.4, 0.5) is 0 Å². The molecule has 0 fully saturated rings. The van der Waals surface area contributed by atoms with Gasteiger partial charge in [-0.3, -0.25) is 9.59 Å².